The van der Waals surface area contributed by atoms with Gasteiger partial charge < -0.3 is 11.1 Å². The number of hydrogen-bond acceptors (Lipinski definition) is 2. The van der Waals surface area contributed by atoms with E-state index in [0.717, 1.165) is 19.3 Å². The lowest BCUT2D eigenvalue weighted by Crippen LogP contribution is -2.36. The zero-order valence-corrected chi connectivity index (χ0v) is 11.3. The fourth-order valence-electron chi connectivity index (χ4n) is 2.18. The van der Waals surface area contributed by atoms with Gasteiger partial charge in [0.1, 0.15) is 0 Å². The molecule has 0 radical (unpaired) electrons. The fourth-order valence-corrected chi connectivity index (χ4v) is 2.18. The van der Waals surface area contributed by atoms with Gasteiger partial charge in [-0.1, -0.05) is 20.8 Å². The zero-order valence-electron chi connectivity index (χ0n) is 11.3. The van der Waals surface area contributed by atoms with Gasteiger partial charge in [-0.05, 0) is 37.5 Å². The van der Waals surface area contributed by atoms with E-state index >= 15 is 0 Å². The highest BCUT2D eigenvalue weighted by atomic mass is 19.3. The summed E-state index contributed by atoms with van der Waals surface area (Å²) in [5, 5.41) is 3.28. The van der Waals surface area contributed by atoms with E-state index < -0.39 is 6.43 Å². The summed E-state index contributed by atoms with van der Waals surface area (Å²) in [4.78, 5) is 0. The molecule has 0 atom stereocenters. The van der Waals surface area contributed by atoms with Crippen LogP contribution in [0.3, 0.4) is 0 Å². The Labute approximate surface area is 108 Å². The first kappa shape index (κ1) is 14.7. The van der Waals surface area contributed by atoms with Crippen LogP contribution in [0, 0.1) is 0 Å². The van der Waals surface area contributed by atoms with Crippen LogP contribution in [0.15, 0.2) is 18.2 Å². The summed E-state index contributed by atoms with van der Waals surface area (Å²) in [5.41, 5.74) is 6.28. The highest BCUT2D eigenvalue weighted by molar-refractivity contribution is 5.59. The Hall–Kier alpha value is -1.32. The van der Waals surface area contributed by atoms with Crippen molar-refractivity contribution in [3.05, 3.63) is 23.8 Å². The smallest absolute Gasteiger partial charge is 0.265 e. The van der Waals surface area contributed by atoms with Crippen LogP contribution in [0.1, 0.15) is 52.0 Å². The molecule has 4 heteroatoms. The molecule has 18 heavy (non-hydrogen) atoms. The van der Waals surface area contributed by atoms with Gasteiger partial charge in [-0.15, -0.1) is 0 Å². The molecule has 1 rings (SSSR count). The summed E-state index contributed by atoms with van der Waals surface area (Å²) in [6.07, 6.45) is 0.173. The summed E-state index contributed by atoms with van der Waals surface area (Å²) >= 11 is 0. The van der Waals surface area contributed by atoms with E-state index in [9.17, 15) is 8.78 Å². The van der Waals surface area contributed by atoms with Crippen LogP contribution in [0.25, 0.3) is 0 Å². The maximum absolute atomic E-state index is 13.0. The van der Waals surface area contributed by atoms with Crippen molar-refractivity contribution in [1.82, 2.24) is 0 Å². The van der Waals surface area contributed by atoms with Gasteiger partial charge in [0, 0.05) is 22.5 Å². The molecular formula is C14H22F2N2. The van der Waals surface area contributed by atoms with Crippen LogP contribution >= 0.6 is 0 Å². The molecule has 0 amide bonds. The Bertz CT molecular complexity index is 379. The molecule has 0 spiro atoms. The van der Waals surface area contributed by atoms with Gasteiger partial charge in [0.2, 0.25) is 0 Å². The molecule has 0 bridgehead atoms. The molecule has 3 N–H and O–H groups in total. The van der Waals surface area contributed by atoms with Gasteiger partial charge in [0.05, 0.1) is 0 Å². The summed E-state index contributed by atoms with van der Waals surface area (Å²) < 4.78 is 26.0. The quantitative estimate of drug-likeness (QED) is 0.731. The third kappa shape index (κ3) is 3.12. The van der Waals surface area contributed by atoms with Crippen molar-refractivity contribution in [3.63, 3.8) is 0 Å². The van der Waals surface area contributed by atoms with Crippen molar-refractivity contribution in [2.45, 2.75) is 52.0 Å². The molecule has 0 unspecified atom stereocenters. The first-order valence-electron chi connectivity index (χ1n) is 6.43. The summed E-state index contributed by atoms with van der Waals surface area (Å²) in [6.45, 7) is 6.21. The fraction of sp³-hybridized carbons (Fsp3) is 0.571. The molecule has 1 aromatic carbocycles. The SMILES string of the molecule is CCC(CC)(CC)Nc1ccc(N)cc1C(F)F. The second kappa shape index (κ2) is 6.03. The monoisotopic (exact) mass is 256 g/mol. The molecule has 0 aliphatic rings. The Balaban J connectivity index is 3.09. The van der Waals surface area contributed by atoms with Gasteiger partial charge in [0.15, 0.2) is 0 Å². The number of alkyl halides is 2. The normalized spacial score (nSPS) is 11.9. The maximum atomic E-state index is 13.0. The summed E-state index contributed by atoms with van der Waals surface area (Å²) in [5.74, 6) is 0. The number of benzene rings is 1. The second-order valence-electron chi connectivity index (χ2n) is 4.61. The predicted molar refractivity (Wildman–Crippen MR) is 73.0 cm³/mol. The summed E-state index contributed by atoms with van der Waals surface area (Å²) in [7, 11) is 0. The third-order valence-electron chi connectivity index (χ3n) is 3.74. The molecule has 0 aliphatic carbocycles. The highest BCUT2D eigenvalue weighted by Gasteiger charge is 2.25. The Morgan fingerprint density at radius 1 is 1.17 bits per heavy atom. The van der Waals surface area contributed by atoms with Crippen molar-refractivity contribution in [1.29, 1.82) is 0 Å². The molecule has 102 valence electrons. The Kier molecular flexibility index (Phi) is 4.93. The molecular weight excluding hydrogens is 234 g/mol. The first-order chi connectivity index (χ1) is 8.48. The lowest BCUT2D eigenvalue weighted by Gasteiger charge is -2.34. The largest absolute Gasteiger partial charge is 0.399 e. The Morgan fingerprint density at radius 2 is 1.72 bits per heavy atom. The van der Waals surface area contributed by atoms with Gasteiger partial charge in [0.25, 0.3) is 6.43 Å². The van der Waals surface area contributed by atoms with Gasteiger partial charge >= 0.3 is 0 Å². The minimum Gasteiger partial charge on any atom is -0.399 e. The van der Waals surface area contributed by atoms with E-state index in [0.29, 0.717) is 11.4 Å². The molecule has 0 aliphatic heterocycles. The van der Waals surface area contributed by atoms with Crippen molar-refractivity contribution < 1.29 is 8.78 Å². The minimum atomic E-state index is -2.51. The topological polar surface area (TPSA) is 38.0 Å². The van der Waals surface area contributed by atoms with E-state index in [1.807, 2.05) is 0 Å². The molecule has 0 fully saturated rings. The predicted octanol–water partition coefficient (Wildman–Crippen LogP) is 4.59. The van der Waals surface area contributed by atoms with E-state index in [1.165, 1.54) is 6.07 Å². The minimum absolute atomic E-state index is 0.0188. The van der Waals surface area contributed by atoms with Crippen molar-refractivity contribution in [2.75, 3.05) is 11.1 Å². The van der Waals surface area contributed by atoms with Crippen LogP contribution in [-0.4, -0.2) is 5.54 Å². The van der Waals surface area contributed by atoms with E-state index in [1.54, 1.807) is 12.1 Å². The van der Waals surface area contributed by atoms with E-state index in [2.05, 4.69) is 26.1 Å². The zero-order chi connectivity index (χ0) is 13.8. The first-order valence-corrected chi connectivity index (χ1v) is 6.43. The van der Waals surface area contributed by atoms with Gasteiger partial charge in [-0.25, -0.2) is 8.78 Å². The van der Waals surface area contributed by atoms with E-state index in [4.69, 9.17) is 5.73 Å². The van der Waals surface area contributed by atoms with Crippen molar-refractivity contribution >= 4 is 11.4 Å². The van der Waals surface area contributed by atoms with Gasteiger partial charge in [-0.3, -0.25) is 0 Å². The highest BCUT2D eigenvalue weighted by Crippen LogP contribution is 2.33. The van der Waals surface area contributed by atoms with Crippen LogP contribution < -0.4 is 11.1 Å². The number of hydrogen-bond donors (Lipinski definition) is 2. The number of halogens is 2. The number of nitrogens with two attached hydrogens (primary N) is 1. The molecule has 0 heterocycles. The second-order valence-corrected chi connectivity index (χ2v) is 4.61. The summed E-state index contributed by atoms with van der Waals surface area (Å²) in [6, 6.07) is 4.64. The number of nitrogens with one attached hydrogen (secondary N) is 1. The third-order valence-corrected chi connectivity index (χ3v) is 3.74. The van der Waals surface area contributed by atoms with Crippen LogP contribution in [0.4, 0.5) is 20.2 Å². The standard InChI is InChI=1S/C14H22F2N2/c1-4-14(5-2,6-3)18-12-8-7-10(17)9-11(12)13(15)16/h7-9,13,18H,4-6,17H2,1-3H3. The average molecular weight is 256 g/mol. The van der Waals surface area contributed by atoms with Gasteiger partial charge in [-0.2, -0.15) is 0 Å². The average Bonchev–Trinajstić information content (AvgIpc) is 2.37. The lowest BCUT2D eigenvalue weighted by atomic mass is 9.89. The molecule has 0 aromatic heterocycles. The lowest BCUT2D eigenvalue weighted by molar-refractivity contribution is 0.152. The number of rotatable bonds is 6. The van der Waals surface area contributed by atoms with Crippen molar-refractivity contribution in [3.8, 4) is 0 Å². The number of anilines is 2. The molecule has 2 nitrogen and oxygen atoms in total. The molecule has 0 saturated carbocycles. The van der Waals surface area contributed by atoms with Crippen molar-refractivity contribution in [2.24, 2.45) is 0 Å². The van der Waals surface area contributed by atoms with E-state index in [-0.39, 0.29) is 11.1 Å². The Morgan fingerprint density at radius 3 is 2.17 bits per heavy atom. The van der Waals surface area contributed by atoms with Crippen LogP contribution in [0.2, 0.25) is 0 Å². The van der Waals surface area contributed by atoms with Crippen LogP contribution in [-0.2, 0) is 0 Å². The molecule has 0 saturated heterocycles. The molecule has 1 aromatic rings. The maximum Gasteiger partial charge on any atom is 0.265 e. The number of nitrogen functional groups attached to an aromatic ring is 1. The van der Waals surface area contributed by atoms with Crippen LogP contribution in [0.5, 0.6) is 0 Å².